The highest BCUT2D eigenvalue weighted by molar-refractivity contribution is 5.90. The van der Waals surface area contributed by atoms with Crippen molar-refractivity contribution in [2.24, 2.45) is 5.73 Å². The van der Waals surface area contributed by atoms with Crippen LogP contribution in [0.5, 0.6) is 0 Å². The van der Waals surface area contributed by atoms with Gasteiger partial charge in [0.25, 0.3) is 5.91 Å². The fourth-order valence-corrected chi connectivity index (χ4v) is 0.493. The third-order valence-electron chi connectivity index (χ3n) is 1.05. The highest BCUT2D eigenvalue weighted by Crippen LogP contribution is 1.90. The summed E-state index contributed by atoms with van der Waals surface area (Å²) in [6.45, 7) is 1.68. The zero-order valence-corrected chi connectivity index (χ0v) is 7.97. The second-order valence-electron chi connectivity index (χ2n) is 1.97. The van der Waals surface area contributed by atoms with Crippen LogP contribution in [0.15, 0.2) is 11.8 Å². The van der Waals surface area contributed by atoms with Gasteiger partial charge in [-0.1, -0.05) is 11.8 Å². The monoisotopic (exact) mass is 187 g/mol. The molecule has 0 rings (SSSR count). The molecule has 0 saturated heterocycles. The van der Waals surface area contributed by atoms with Crippen molar-refractivity contribution in [1.82, 2.24) is 0 Å². The predicted molar refractivity (Wildman–Crippen MR) is 53.3 cm³/mol. The number of hydrogen-bond acceptors (Lipinski definition) is 2. The minimum absolute atomic E-state index is 0.000811. The van der Waals surface area contributed by atoms with E-state index in [9.17, 15) is 4.79 Å². The Bertz CT molecular complexity index is 413. The van der Waals surface area contributed by atoms with Gasteiger partial charge in [-0.3, -0.25) is 4.79 Å². The molecule has 0 aliphatic rings. The zero-order valence-electron chi connectivity index (χ0n) is 7.97. The van der Waals surface area contributed by atoms with Crippen LogP contribution in [0.1, 0.15) is 6.92 Å². The molecule has 0 spiro atoms. The molecule has 70 valence electrons. The van der Waals surface area contributed by atoms with E-state index >= 15 is 0 Å². The molecule has 0 aromatic heterocycles. The van der Waals surface area contributed by atoms with E-state index in [1.54, 1.807) is 6.92 Å². The molecule has 0 fully saturated rings. The van der Waals surface area contributed by atoms with Crippen LogP contribution in [0.4, 0.5) is 0 Å². The summed E-state index contributed by atoms with van der Waals surface area (Å²) in [6.07, 6.45) is 1.26. The van der Waals surface area contributed by atoms with E-state index in [1.807, 2.05) is 0 Å². The van der Waals surface area contributed by atoms with E-state index in [0.29, 0.717) is 0 Å². The molecule has 0 saturated carbocycles. The molecule has 0 bridgehead atoms. The molecule has 3 heteroatoms. The largest absolute Gasteiger partial charge is 0.491 e. The molecule has 1 amide bonds. The van der Waals surface area contributed by atoms with Gasteiger partial charge in [0.05, 0.1) is 7.11 Å². The van der Waals surface area contributed by atoms with Crippen molar-refractivity contribution in [1.29, 1.82) is 0 Å². The van der Waals surface area contributed by atoms with Gasteiger partial charge >= 0.3 is 0 Å². The number of amides is 1. The van der Waals surface area contributed by atoms with E-state index in [0.717, 1.165) is 0 Å². The topological polar surface area (TPSA) is 52.3 Å². The van der Waals surface area contributed by atoms with Crippen molar-refractivity contribution in [2.45, 2.75) is 6.92 Å². The first-order chi connectivity index (χ1) is 6.72. The summed E-state index contributed by atoms with van der Waals surface area (Å²) in [5.41, 5.74) is 4.95. The quantitative estimate of drug-likeness (QED) is 0.377. The van der Waals surface area contributed by atoms with E-state index in [2.05, 4.69) is 40.3 Å². The van der Waals surface area contributed by atoms with Gasteiger partial charge in [0.15, 0.2) is 5.76 Å². The van der Waals surface area contributed by atoms with Gasteiger partial charge in [-0.05, 0) is 30.6 Å². The normalized spacial score (nSPS) is 8.00. The molecule has 0 unspecified atom stereocenters. The van der Waals surface area contributed by atoms with Crippen LogP contribution in [-0.4, -0.2) is 13.0 Å². The second kappa shape index (κ2) is 7.35. The maximum absolute atomic E-state index is 10.6. The minimum atomic E-state index is -0.664. The molecule has 0 aromatic carbocycles. The highest BCUT2D eigenvalue weighted by Gasteiger charge is 2.00. The number of methoxy groups -OCH3 is 1. The van der Waals surface area contributed by atoms with Crippen molar-refractivity contribution in [3.05, 3.63) is 11.8 Å². The van der Waals surface area contributed by atoms with Gasteiger partial charge in [0, 0.05) is 6.08 Å². The molecule has 3 nitrogen and oxygen atoms in total. The smallest absolute Gasteiger partial charge is 0.284 e. The Hall–Kier alpha value is -2.31. The Morgan fingerprint density at radius 1 is 1.29 bits per heavy atom. The predicted octanol–water partition coefficient (Wildman–Crippen LogP) is 0.0321. The van der Waals surface area contributed by atoms with E-state index in [1.165, 1.54) is 13.2 Å². The maximum atomic E-state index is 10.6. The highest BCUT2D eigenvalue weighted by atomic mass is 16.5. The average molecular weight is 187 g/mol. The van der Waals surface area contributed by atoms with Crippen LogP contribution < -0.4 is 5.73 Å². The van der Waals surface area contributed by atoms with Crippen molar-refractivity contribution in [3.8, 4) is 35.5 Å². The minimum Gasteiger partial charge on any atom is -0.491 e. The lowest BCUT2D eigenvalue weighted by atomic mass is 10.4. The Balaban J connectivity index is 4.45. The Morgan fingerprint density at radius 3 is 2.43 bits per heavy atom. The first-order valence-corrected chi connectivity index (χ1v) is 3.68. The van der Waals surface area contributed by atoms with Gasteiger partial charge in [0.2, 0.25) is 0 Å². The molecule has 14 heavy (non-hydrogen) atoms. The van der Waals surface area contributed by atoms with Gasteiger partial charge in [0.1, 0.15) is 0 Å². The molecule has 0 aliphatic heterocycles. The van der Waals surface area contributed by atoms with Crippen molar-refractivity contribution in [3.63, 3.8) is 0 Å². The number of hydrogen-bond donors (Lipinski definition) is 1. The third kappa shape index (κ3) is 5.35. The molecule has 0 radical (unpaired) electrons. The summed E-state index contributed by atoms with van der Waals surface area (Å²) in [5, 5.41) is 0. The summed E-state index contributed by atoms with van der Waals surface area (Å²) < 4.78 is 4.65. The SMILES string of the molecule is CC#CC#CC#C/C=C(\OC)C(N)=O. The molecule has 0 atom stereocenters. The summed E-state index contributed by atoms with van der Waals surface area (Å²) in [6, 6.07) is 0. The van der Waals surface area contributed by atoms with Crippen molar-refractivity contribution in [2.75, 3.05) is 7.11 Å². The summed E-state index contributed by atoms with van der Waals surface area (Å²) in [5.74, 6) is 14.4. The molecule has 2 N–H and O–H groups in total. The van der Waals surface area contributed by atoms with Gasteiger partial charge in [-0.2, -0.15) is 0 Å². The molecular weight excluding hydrogens is 178 g/mol. The van der Waals surface area contributed by atoms with E-state index < -0.39 is 5.91 Å². The van der Waals surface area contributed by atoms with Crippen molar-refractivity contribution >= 4 is 5.91 Å². The number of carbonyl (C=O) groups excluding carboxylic acids is 1. The van der Waals surface area contributed by atoms with Crippen LogP contribution in [-0.2, 0) is 9.53 Å². The summed E-state index contributed by atoms with van der Waals surface area (Å²) >= 11 is 0. The molecular formula is C11H9NO2. The summed E-state index contributed by atoms with van der Waals surface area (Å²) in [4.78, 5) is 10.6. The van der Waals surface area contributed by atoms with Crippen LogP contribution in [0.2, 0.25) is 0 Å². The first-order valence-electron chi connectivity index (χ1n) is 3.68. The van der Waals surface area contributed by atoms with Crippen molar-refractivity contribution < 1.29 is 9.53 Å². The lowest BCUT2D eigenvalue weighted by molar-refractivity contribution is -0.117. The zero-order chi connectivity index (χ0) is 10.8. The Labute approximate surface area is 83.3 Å². The number of nitrogens with two attached hydrogens (primary N) is 1. The Morgan fingerprint density at radius 2 is 1.93 bits per heavy atom. The number of ether oxygens (including phenoxy) is 1. The third-order valence-corrected chi connectivity index (χ3v) is 1.05. The van der Waals surface area contributed by atoms with Gasteiger partial charge in [-0.25, -0.2) is 0 Å². The number of allylic oxidation sites excluding steroid dienone is 1. The molecule has 0 aromatic rings. The van der Waals surface area contributed by atoms with Crippen LogP contribution >= 0.6 is 0 Å². The summed E-state index contributed by atoms with van der Waals surface area (Å²) in [7, 11) is 1.34. The van der Waals surface area contributed by atoms with E-state index in [-0.39, 0.29) is 5.76 Å². The van der Waals surface area contributed by atoms with Crippen LogP contribution in [0.3, 0.4) is 0 Å². The lowest BCUT2D eigenvalue weighted by Crippen LogP contribution is -2.14. The Kier molecular flexibility index (Phi) is 6.13. The second-order valence-corrected chi connectivity index (χ2v) is 1.97. The average Bonchev–Trinajstić information content (AvgIpc) is 2.16. The molecule has 0 aliphatic carbocycles. The maximum Gasteiger partial charge on any atom is 0.284 e. The van der Waals surface area contributed by atoms with Gasteiger partial charge in [-0.15, -0.1) is 0 Å². The number of rotatable bonds is 2. The van der Waals surface area contributed by atoms with Crippen LogP contribution in [0, 0.1) is 35.5 Å². The number of carbonyl (C=O) groups is 1. The fraction of sp³-hybridized carbons (Fsp3) is 0.182. The fourth-order valence-electron chi connectivity index (χ4n) is 0.493. The molecule has 0 heterocycles. The lowest BCUT2D eigenvalue weighted by Gasteiger charge is -1.95. The number of primary amides is 1. The van der Waals surface area contributed by atoms with E-state index in [4.69, 9.17) is 5.73 Å². The standard InChI is InChI=1S/C11H9NO2/c1-3-4-5-6-7-8-9-10(14-2)11(12)13/h9H,1-2H3,(H2,12,13)/b10-9-. The van der Waals surface area contributed by atoms with Gasteiger partial charge < -0.3 is 10.5 Å². The first kappa shape index (κ1) is 11.7. The van der Waals surface area contributed by atoms with Crippen LogP contribution in [0.25, 0.3) is 0 Å².